The topological polar surface area (TPSA) is 52.6 Å². The second-order valence-corrected chi connectivity index (χ2v) is 6.90. The number of rotatable bonds is 2. The second-order valence-electron chi connectivity index (χ2n) is 5.55. The standard InChI is InChI=1S/C17H11BrClF3N2O2/c18-12-5-1-10(2-6-12)14-9-16(26,17(20,21)22)24(23-14)15(25)11-3-7-13(19)8-4-11/h1-9,23,26H/t16-/m0/s1. The number of halogens is 5. The van der Waals surface area contributed by atoms with Crippen molar-refractivity contribution in [3.8, 4) is 0 Å². The van der Waals surface area contributed by atoms with E-state index < -0.39 is 17.8 Å². The summed E-state index contributed by atoms with van der Waals surface area (Å²) in [6, 6.07) is 11.7. The number of hydrazine groups is 1. The van der Waals surface area contributed by atoms with Crippen molar-refractivity contribution in [2.24, 2.45) is 0 Å². The normalized spacial score (nSPS) is 19.9. The summed E-state index contributed by atoms with van der Waals surface area (Å²) in [5, 5.41) is 10.8. The Kier molecular flexibility index (Phi) is 4.76. The maximum absolute atomic E-state index is 13.5. The van der Waals surface area contributed by atoms with Gasteiger partial charge in [-0.05, 0) is 42.0 Å². The van der Waals surface area contributed by atoms with Crippen molar-refractivity contribution in [1.82, 2.24) is 10.4 Å². The molecule has 2 aromatic rings. The predicted molar refractivity (Wildman–Crippen MR) is 93.9 cm³/mol. The molecule has 136 valence electrons. The van der Waals surface area contributed by atoms with Gasteiger partial charge in [-0.25, -0.2) is 5.01 Å². The van der Waals surface area contributed by atoms with Crippen molar-refractivity contribution >= 4 is 39.1 Å². The number of alkyl halides is 3. The number of carbonyl (C=O) groups is 1. The van der Waals surface area contributed by atoms with Crippen LogP contribution >= 0.6 is 27.5 Å². The number of nitrogens with zero attached hydrogens (tertiary/aromatic N) is 1. The summed E-state index contributed by atoms with van der Waals surface area (Å²) in [6.45, 7) is 0. The van der Waals surface area contributed by atoms with Crippen molar-refractivity contribution in [3.05, 3.63) is 75.2 Å². The second kappa shape index (κ2) is 6.61. The van der Waals surface area contributed by atoms with E-state index in [0.717, 1.165) is 4.47 Å². The smallest absolute Gasteiger partial charge is 0.359 e. The summed E-state index contributed by atoms with van der Waals surface area (Å²) < 4.78 is 41.3. The van der Waals surface area contributed by atoms with Gasteiger partial charge in [0.1, 0.15) is 0 Å². The molecule has 0 aromatic heterocycles. The van der Waals surface area contributed by atoms with Gasteiger partial charge in [0, 0.05) is 21.1 Å². The van der Waals surface area contributed by atoms with E-state index in [0.29, 0.717) is 16.7 Å². The third-order valence-electron chi connectivity index (χ3n) is 3.79. The van der Waals surface area contributed by atoms with Gasteiger partial charge in [0.25, 0.3) is 11.6 Å². The zero-order chi connectivity index (χ0) is 19.1. The number of hydrogen-bond acceptors (Lipinski definition) is 3. The first-order valence-electron chi connectivity index (χ1n) is 7.26. The maximum atomic E-state index is 13.5. The average molecular weight is 448 g/mol. The van der Waals surface area contributed by atoms with Gasteiger partial charge in [0.2, 0.25) is 0 Å². The molecule has 0 fully saturated rings. The van der Waals surface area contributed by atoms with E-state index in [1.54, 1.807) is 24.3 Å². The van der Waals surface area contributed by atoms with E-state index >= 15 is 0 Å². The lowest BCUT2D eigenvalue weighted by molar-refractivity contribution is -0.283. The van der Waals surface area contributed by atoms with Gasteiger partial charge in [-0.3, -0.25) is 10.2 Å². The molecule has 1 amide bonds. The highest BCUT2D eigenvalue weighted by Gasteiger charge is 2.61. The van der Waals surface area contributed by atoms with Crippen LogP contribution in [-0.2, 0) is 0 Å². The molecule has 1 atom stereocenters. The fourth-order valence-corrected chi connectivity index (χ4v) is 2.81. The quantitative estimate of drug-likeness (QED) is 0.719. The molecule has 0 saturated carbocycles. The van der Waals surface area contributed by atoms with Gasteiger partial charge in [-0.15, -0.1) is 0 Å². The first-order chi connectivity index (χ1) is 12.1. The third-order valence-corrected chi connectivity index (χ3v) is 4.57. The van der Waals surface area contributed by atoms with E-state index in [2.05, 4.69) is 21.4 Å². The van der Waals surface area contributed by atoms with E-state index in [4.69, 9.17) is 11.6 Å². The Labute approximate surface area is 160 Å². The lowest BCUT2D eigenvalue weighted by Crippen LogP contribution is -2.60. The third kappa shape index (κ3) is 3.32. The molecule has 0 aliphatic carbocycles. The van der Waals surface area contributed by atoms with Gasteiger partial charge in [0.05, 0.1) is 5.70 Å². The van der Waals surface area contributed by atoms with Crippen molar-refractivity contribution in [2.45, 2.75) is 11.9 Å². The molecule has 0 saturated heterocycles. The van der Waals surface area contributed by atoms with Crippen LogP contribution in [0.1, 0.15) is 15.9 Å². The minimum absolute atomic E-state index is 0.0420. The highest BCUT2D eigenvalue weighted by Crippen LogP contribution is 2.40. The minimum atomic E-state index is -5.11. The minimum Gasteiger partial charge on any atom is -0.359 e. The predicted octanol–water partition coefficient (Wildman–Crippen LogP) is 4.35. The number of amides is 1. The molecular weight excluding hydrogens is 437 g/mol. The number of benzene rings is 2. The number of aliphatic hydroxyl groups is 1. The fraction of sp³-hybridized carbons (Fsp3) is 0.118. The Balaban J connectivity index is 2.01. The molecule has 9 heteroatoms. The Bertz CT molecular complexity index is 869. The maximum Gasteiger partial charge on any atom is 0.442 e. The van der Waals surface area contributed by atoms with Crippen LogP contribution in [0.15, 0.2) is 59.1 Å². The fourth-order valence-electron chi connectivity index (χ4n) is 2.42. The summed E-state index contributed by atoms with van der Waals surface area (Å²) in [5.74, 6) is -1.05. The molecule has 3 rings (SSSR count). The zero-order valence-electron chi connectivity index (χ0n) is 12.9. The van der Waals surface area contributed by atoms with E-state index in [-0.39, 0.29) is 16.3 Å². The van der Waals surface area contributed by atoms with Gasteiger partial charge < -0.3 is 5.11 Å². The van der Waals surface area contributed by atoms with Crippen LogP contribution in [0.4, 0.5) is 13.2 Å². The van der Waals surface area contributed by atoms with E-state index in [1.807, 2.05) is 0 Å². The Morgan fingerprint density at radius 3 is 2.23 bits per heavy atom. The van der Waals surface area contributed by atoms with E-state index in [1.165, 1.54) is 24.3 Å². The van der Waals surface area contributed by atoms with Crippen LogP contribution in [0.5, 0.6) is 0 Å². The van der Waals surface area contributed by atoms with Crippen molar-refractivity contribution in [3.63, 3.8) is 0 Å². The summed E-state index contributed by atoms with van der Waals surface area (Å²) in [5.41, 5.74) is -0.856. The Morgan fingerprint density at radius 1 is 1.12 bits per heavy atom. The lowest BCUT2D eigenvalue weighted by Gasteiger charge is -2.33. The molecule has 1 aliphatic rings. The summed E-state index contributed by atoms with van der Waals surface area (Å²) in [7, 11) is 0. The molecule has 1 heterocycles. The molecule has 0 bridgehead atoms. The molecule has 4 nitrogen and oxygen atoms in total. The highest BCUT2D eigenvalue weighted by molar-refractivity contribution is 9.10. The van der Waals surface area contributed by atoms with Gasteiger partial charge in [-0.2, -0.15) is 13.2 Å². The van der Waals surface area contributed by atoms with Crippen LogP contribution < -0.4 is 5.43 Å². The van der Waals surface area contributed by atoms with Gasteiger partial charge in [-0.1, -0.05) is 39.7 Å². The Morgan fingerprint density at radius 2 is 1.69 bits per heavy atom. The lowest BCUT2D eigenvalue weighted by atomic mass is 10.1. The zero-order valence-corrected chi connectivity index (χ0v) is 15.2. The van der Waals surface area contributed by atoms with Crippen molar-refractivity contribution < 1.29 is 23.1 Å². The molecule has 0 unspecified atom stereocenters. The summed E-state index contributed by atoms with van der Waals surface area (Å²) in [6.07, 6.45) is -4.54. The largest absolute Gasteiger partial charge is 0.442 e. The van der Waals surface area contributed by atoms with Crippen LogP contribution in [0.2, 0.25) is 5.02 Å². The monoisotopic (exact) mass is 446 g/mol. The number of carbonyl (C=O) groups excluding carboxylic acids is 1. The summed E-state index contributed by atoms with van der Waals surface area (Å²) >= 11 is 8.97. The molecule has 0 spiro atoms. The number of nitrogens with one attached hydrogen (secondary N) is 1. The average Bonchev–Trinajstić information content (AvgIpc) is 2.94. The first kappa shape index (κ1) is 18.8. The molecule has 2 N–H and O–H groups in total. The molecule has 26 heavy (non-hydrogen) atoms. The molecule has 1 aliphatic heterocycles. The van der Waals surface area contributed by atoms with Crippen molar-refractivity contribution in [1.29, 1.82) is 0 Å². The molecule has 2 aromatic carbocycles. The SMILES string of the molecule is O=C(c1ccc(Cl)cc1)N1NC(c2ccc(Br)cc2)=C[C@]1(O)C(F)(F)F. The van der Waals surface area contributed by atoms with Crippen molar-refractivity contribution in [2.75, 3.05) is 0 Å². The van der Waals surface area contributed by atoms with Gasteiger partial charge >= 0.3 is 6.18 Å². The molecule has 0 radical (unpaired) electrons. The van der Waals surface area contributed by atoms with Crippen LogP contribution in [0.3, 0.4) is 0 Å². The summed E-state index contributed by atoms with van der Waals surface area (Å²) in [4.78, 5) is 12.6. The highest BCUT2D eigenvalue weighted by atomic mass is 79.9. The van der Waals surface area contributed by atoms with Crippen LogP contribution in [0, 0.1) is 0 Å². The first-order valence-corrected chi connectivity index (χ1v) is 8.43. The van der Waals surface area contributed by atoms with Crippen LogP contribution in [-0.4, -0.2) is 27.9 Å². The van der Waals surface area contributed by atoms with Gasteiger partial charge in [0.15, 0.2) is 0 Å². The molecular formula is C17H11BrClF3N2O2. The van der Waals surface area contributed by atoms with E-state index in [9.17, 15) is 23.1 Å². The van der Waals surface area contributed by atoms with Crippen LogP contribution in [0.25, 0.3) is 5.70 Å². The Hall–Kier alpha value is -2.03. The number of hydrogen-bond donors (Lipinski definition) is 2.